The van der Waals surface area contributed by atoms with E-state index in [1.807, 2.05) is 0 Å². The summed E-state index contributed by atoms with van der Waals surface area (Å²) in [5, 5.41) is 13.0. The van der Waals surface area contributed by atoms with Crippen molar-refractivity contribution >= 4 is 0 Å². The van der Waals surface area contributed by atoms with E-state index < -0.39 is 0 Å². The third-order valence-electron chi connectivity index (χ3n) is 4.91. The van der Waals surface area contributed by atoms with E-state index in [1.54, 1.807) is 0 Å². The zero-order chi connectivity index (χ0) is 11.9. The first kappa shape index (κ1) is 13.4. The highest BCUT2D eigenvalue weighted by molar-refractivity contribution is 4.77. The van der Waals surface area contributed by atoms with Crippen LogP contribution >= 0.6 is 0 Å². The molecule has 0 aromatic carbocycles. The minimum atomic E-state index is 0.398. The average molecular weight is 239 g/mol. The average Bonchev–Trinajstić information content (AvgIpc) is 2.88. The lowest BCUT2D eigenvalue weighted by Gasteiger charge is -2.30. The third kappa shape index (κ3) is 4.26. The Balaban J connectivity index is 1.56. The van der Waals surface area contributed by atoms with Gasteiger partial charge in [-0.15, -0.1) is 0 Å². The number of hydrogen-bond acceptors (Lipinski definition) is 2. The molecular weight excluding hydrogens is 210 g/mol. The molecule has 0 spiro atoms. The van der Waals surface area contributed by atoms with Crippen LogP contribution in [0, 0.1) is 17.8 Å². The van der Waals surface area contributed by atoms with Gasteiger partial charge in [-0.2, -0.15) is 0 Å². The number of aliphatic hydroxyl groups excluding tert-OH is 1. The molecule has 2 atom stereocenters. The highest BCUT2D eigenvalue weighted by Gasteiger charge is 2.24. The number of aliphatic hydroxyl groups is 1. The Morgan fingerprint density at radius 3 is 2.24 bits per heavy atom. The molecule has 0 aromatic rings. The maximum absolute atomic E-state index is 9.36. The Labute approximate surface area is 106 Å². The van der Waals surface area contributed by atoms with Gasteiger partial charge in [0.25, 0.3) is 0 Å². The summed E-state index contributed by atoms with van der Waals surface area (Å²) in [6.45, 7) is 2.73. The van der Waals surface area contributed by atoms with Gasteiger partial charge in [0.15, 0.2) is 0 Å². The maximum atomic E-state index is 9.36. The maximum Gasteiger partial charge on any atom is 0.0462 e. The van der Waals surface area contributed by atoms with E-state index in [1.165, 1.54) is 64.3 Å². The standard InChI is InChI=1S/C15H29NO/c17-12-15-8-4-3-7-14(15)11-16-10-9-13-5-1-2-6-13/h13-17H,1-12H2. The molecule has 0 radical (unpaired) electrons. The van der Waals surface area contributed by atoms with Gasteiger partial charge >= 0.3 is 0 Å². The van der Waals surface area contributed by atoms with Gasteiger partial charge in [0.05, 0.1) is 0 Å². The molecule has 2 aliphatic rings. The van der Waals surface area contributed by atoms with Gasteiger partial charge in [-0.05, 0) is 50.1 Å². The predicted molar refractivity (Wildman–Crippen MR) is 72.0 cm³/mol. The molecule has 0 saturated heterocycles. The second kappa shape index (κ2) is 7.38. The molecule has 2 aliphatic carbocycles. The van der Waals surface area contributed by atoms with Crippen LogP contribution in [0.25, 0.3) is 0 Å². The van der Waals surface area contributed by atoms with E-state index >= 15 is 0 Å². The van der Waals surface area contributed by atoms with Crippen LogP contribution in [0.15, 0.2) is 0 Å². The first-order valence-electron chi connectivity index (χ1n) is 7.71. The van der Waals surface area contributed by atoms with E-state index in [-0.39, 0.29) is 0 Å². The molecule has 2 nitrogen and oxygen atoms in total. The molecule has 17 heavy (non-hydrogen) atoms. The van der Waals surface area contributed by atoms with Crippen LogP contribution in [0.5, 0.6) is 0 Å². The van der Waals surface area contributed by atoms with Crippen molar-refractivity contribution in [2.24, 2.45) is 17.8 Å². The second-order valence-electron chi connectivity index (χ2n) is 6.13. The van der Waals surface area contributed by atoms with E-state index in [9.17, 15) is 5.11 Å². The van der Waals surface area contributed by atoms with Gasteiger partial charge in [0.2, 0.25) is 0 Å². The Morgan fingerprint density at radius 1 is 0.882 bits per heavy atom. The summed E-state index contributed by atoms with van der Waals surface area (Å²) in [6, 6.07) is 0. The molecule has 0 aliphatic heterocycles. The molecule has 2 fully saturated rings. The van der Waals surface area contributed by atoms with Gasteiger partial charge in [0.1, 0.15) is 0 Å². The minimum Gasteiger partial charge on any atom is -0.396 e. The van der Waals surface area contributed by atoms with Crippen molar-refractivity contribution in [3.05, 3.63) is 0 Å². The van der Waals surface area contributed by atoms with Crippen LogP contribution in [0.1, 0.15) is 57.8 Å². The minimum absolute atomic E-state index is 0.398. The normalized spacial score (nSPS) is 30.9. The molecule has 0 amide bonds. The lowest BCUT2D eigenvalue weighted by molar-refractivity contribution is 0.133. The van der Waals surface area contributed by atoms with E-state index in [2.05, 4.69) is 5.32 Å². The van der Waals surface area contributed by atoms with Gasteiger partial charge in [-0.3, -0.25) is 0 Å². The van der Waals surface area contributed by atoms with Crippen molar-refractivity contribution in [3.63, 3.8) is 0 Å². The van der Waals surface area contributed by atoms with Gasteiger partial charge < -0.3 is 10.4 Å². The van der Waals surface area contributed by atoms with Gasteiger partial charge in [-0.25, -0.2) is 0 Å². The van der Waals surface area contributed by atoms with Crippen LogP contribution in [-0.2, 0) is 0 Å². The Bertz CT molecular complexity index is 201. The first-order chi connectivity index (χ1) is 8.40. The fourth-order valence-electron chi connectivity index (χ4n) is 3.69. The van der Waals surface area contributed by atoms with Crippen molar-refractivity contribution in [1.29, 1.82) is 0 Å². The van der Waals surface area contributed by atoms with Gasteiger partial charge in [0, 0.05) is 6.61 Å². The molecule has 2 saturated carbocycles. The zero-order valence-corrected chi connectivity index (χ0v) is 11.2. The number of rotatable bonds is 6. The molecule has 0 aromatic heterocycles. The lowest BCUT2D eigenvalue weighted by Crippen LogP contribution is -2.33. The summed E-state index contributed by atoms with van der Waals surface area (Å²) in [6.07, 6.45) is 12.5. The van der Waals surface area contributed by atoms with Crippen molar-refractivity contribution in [1.82, 2.24) is 5.32 Å². The number of hydrogen-bond donors (Lipinski definition) is 2. The Morgan fingerprint density at radius 2 is 1.53 bits per heavy atom. The van der Waals surface area contributed by atoms with E-state index in [4.69, 9.17) is 0 Å². The van der Waals surface area contributed by atoms with Crippen LogP contribution < -0.4 is 5.32 Å². The molecule has 0 bridgehead atoms. The SMILES string of the molecule is OCC1CCCCC1CNCCC1CCCC1. The topological polar surface area (TPSA) is 32.3 Å². The second-order valence-corrected chi connectivity index (χ2v) is 6.13. The van der Waals surface area contributed by atoms with Crippen LogP contribution in [-0.4, -0.2) is 24.8 Å². The lowest BCUT2D eigenvalue weighted by atomic mass is 9.79. The van der Waals surface area contributed by atoms with Crippen molar-refractivity contribution in [3.8, 4) is 0 Å². The van der Waals surface area contributed by atoms with Crippen LogP contribution in [0.3, 0.4) is 0 Å². The highest BCUT2D eigenvalue weighted by Crippen LogP contribution is 2.29. The summed E-state index contributed by atoms with van der Waals surface area (Å²) in [5.41, 5.74) is 0. The summed E-state index contributed by atoms with van der Waals surface area (Å²) >= 11 is 0. The fourth-order valence-corrected chi connectivity index (χ4v) is 3.69. The highest BCUT2D eigenvalue weighted by atomic mass is 16.3. The molecular formula is C15H29NO. The number of nitrogens with one attached hydrogen (secondary N) is 1. The molecule has 100 valence electrons. The van der Waals surface area contributed by atoms with E-state index in [0.717, 1.165) is 18.4 Å². The molecule has 2 unspecified atom stereocenters. The van der Waals surface area contributed by atoms with Crippen LogP contribution in [0.2, 0.25) is 0 Å². The van der Waals surface area contributed by atoms with E-state index in [0.29, 0.717) is 12.5 Å². The summed E-state index contributed by atoms with van der Waals surface area (Å²) in [7, 11) is 0. The monoisotopic (exact) mass is 239 g/mol. The Kier molecular flexibility index (Phi) is 5.79. The molecule has 2 heteroatoms. The fraction of sp³-hybridized carbons (Fsp3) is 1.00. The van der Waals surface area contributed by atoms with Crippen LogP contribution in [0.4, 0.5) is 0 Å². The first-order valence-corrected chi connectivity index (χ1v) is 7.71. The molecule has 2 N–H and O–H groups in total. The van der Waals surface area contributed by atoms with Crippen molar-refractivity contribution in [2.45, 2.75) is 57.8 Å². The van der Waals surface area contributed by atoms with Crippen molar-refractivity contribution < 1.29 is 5.11 Å². The zero-order valence-electron chi connectivity index (χ0n) is 11.2. The smallest absolute Gasteiger partial charge is 0.0462 e. The summed E-state index contributed by atoms with van der Waals surface area (Å²) < 4.78 is 0. The Hall–Kier alpha value is -0.0800. The molecule has 2 rings (SSSR count). The largest absolute Gasteiger partial charge is 0.396 e. The van der Waals surface area contributed by atoms with Gasteiger partial charge in [-0.1, -0.05) is 38.5 Å². The summed E-state index contributed by atoms with van der Waals surface area (Å²) in [5.74, 6) is 2.31. The quantitative estimate of drug-likeness (QED) is 0.699. The van der Waals surface area contributed by atoms with Crippen molar-refractivity contribution in [2.75, 3.05) is 19.7 Å². The predicted octanol–water partition coefficient (Wildman–Crippen LogP) is 2.96. The third-order valence-corrected chi connectivity index (χ3v) is 4.91. The molecule has 0 heterocycles. The summed E-state index contributed by atoms with van der Waals surface area (Å²) in [4.78, 5) is 0.